The van der Waals surface area contributed by atoms with Crippen molar-refractivity contribution in [2.24, 2.45) is 16.7 Å². The lowest BCUT2D eigenvalue weighted by Gasteiger charge is -2.57. The van der Waals surface area contributed by atoms with Crippen molar-refractivity contribution in [3.8, 4) is 0 Å². The van der Waals surface area contributed by atoms with Crippen LogP contribution in [0.4, 0.5) is 5.69 Å². The topological polar surface area (TPSA) is 140 Å². The molecule has 1 aromatic carbocycles. The number of cyclic esters (lactones) is 1. The van der Waals surface area contributed by atoms with E-state index in [-0.39, 0.29) is 35.3 Å². The Morgan fingerprint density at radius 1 is 1.26 bits per heavy atom. The number of aliphatic hydroxyl groups is 2. The van der Waals surface area contributed by atoms with Crippen LogP contribution in [0.5, 0.6) is 0 Å². The molecule has 0 spiro atoms. The van der Waals surface area contributed by atoms with Crippen LogP contribution in [-0.2, 0) is 14.3 Å². The van der Waals surface area contributed by atoms with E-state index < -0.39 is 40.9 Å². The normalized spacial score (nSPS) is 34.6. The Morgan fingerprint density at radius 2 is 1.94 bits per heavy atom. The molecular weight excluding hydrogens is 406 g/mol. The summed E-state index contributed by atoms with van der Waals surface area (Å²) in [4.78, 5) is 24.7. The number of benzene rings is 1. The largest absolute Gasteiger partial charge is 0.733 e. The van der Waals surface area contributed by atoms with Gasteiger partial charge in [-0.2, -0.15) is 0 Å². The number of aliphatic hydroxyl groups excluding tert-OH is 2. The molecule has 3 aliphatic rings. The van der Waals surface area contributed by atoms with Crippen molar-refractivity contribution in [1.82, 2.24) is 0 Å². The smallest absolute Gasteiger partial charge is 0.338 e. The van der Waals surface area contributed by atoms with Gasteiger partial charge in [0.15, 0.2) is 0 Å². The van der Waals surface area contributed by atoms with Gasteiger partial charge in [-0.05, 0) is 48.1 Å². The van der Waals surface area contributed by atoms with Crippen LogP contribution < -0.4 is 5.23 Å². The monoisotopic (exact) mass is 432 g/mol. The Morgan fingerprint density at radius 3 is 2.58 bits per heavy atom. The first kappa shape index (κ1) is 21.8. The van der Waals surface area contributed by atoms with Crippen LogP contribution >= 0.6 is 0 Å². The van der Waals surface area contributed by atoms with Gasteiger partial charge in [-0.3, -0.25) is 5.21 Å². The molecule has 0 saturated heterocycles. The van der Waals surface area contributed by atoms with Crippen molar-refractivity contribution in [2.45, 2.75) is 45.3 Å². The highest BCUT2D eigenvalue weighted by Crippen LogP contribution is 2.60. The third kappa shape index (κ3) is 3.41. The van der Waals surface area contributed by atoms with Gasteiger partial charge < -0.3 is 30.1 Å². The first-order valence-corrected chi connectivity index (χ1v) is 10.3. The number of carbonyl (C=O) groups excluding carboxylic acids is 2. The minimum atomic E-state index is -1.34. The van der Waals surface area contributed by atoms with E-state index in [2.05, 4.69) is 0 Å². The molecule has 0 amide bonds. The zero-order valence-electron chi connectivity index (χ0n) is 17.4. The minimum absolute atomic E-state index is 0.0108. The first-order chi connectivity index (χ1) is 14.6. The zero-order chi connectivity index (χ0) is 22.6. The van der Waals surface area contributed by atoms with E-state index in [1.807, 2.05) is 13.8 Å². The van der Waals surface area contributed by atoms with E-state index in [1.165, 1.54) is 24.3 Å². The number of anilines is 1. The van der Waals surface area contributed by atoms with Crippen molar-refractivity contribution in [3.05, 3.63) is 46.2 Å². The van der Waals surface area contributed by atoms with Gasteiger partial charge >= 0.3 is 11.9 Å². The summed E-state index contributed by atoms with van der Waals surface area (Å²) in [5.74, 6) is -1.61. The molecule has 9 heteroatoms. The SMILES string of the molecule is C[C@]1(COC(=O)c2ccc(N([O-])O)cc2)CCC[C@]2(C)C3=C(C(=O)OC3)[C@H](O)[C@@H](O)[C@@H]12. The van der Waals surface area contributed by atoms with Crippen LogP contribution in [0.1, 0.15) is 43.5 Å². The van der Waals surface area contributed by atoms with Gasteiger partial charge in [0.1, 0.15) is 12.7 Å². The molecule has 0 bridgehead atoms. The van der Waals surface area contributed by atoms with Crippen LogP contribution in [-0.4, -0.2) is 52.8 Å². The number of carbonyl (C=O) groups is 2. The number of nitrogens with zero attached hydrogens (tertiary/aromatic N) is 1. The van der Waals surface area contributed by atoms with Gasteiger partial charge in [-0.25, -0.2) is 9.59 Å². The minimum Gasteiger partial charge on any atom is -0.733 e. The summed E-state index contributed by atoms with van der Waals surface area (Å²) >= 11 is 0. The summed E-state index contributed by atoms with van der Waals surface area (Å²) in [6.45, 7) is 4.02. The standard InChI is InChI=1S/C22H26NO8/c1-21(11-31-19(26)12-4-6-13(7-5-12)23(28)29)8-3-9-22(2)14-10-30-20(27)15(14)16(24)17(25)18(21)22/h4-7,16-18,24-25,28H,3,8-11H2,1-2H3/q-1/t16-,17+,18-,21+,22+/m0/s1. The summed E-state index contributed by atoms with van der Waals surface area (Å²) in [5, 5.41) is 41.2. The summed E-state index contributed by atoms with van der Waals surface area (Å²) in [5.41, 5.74) is -0.0764. The van der Waals surface area contributed by atoms with E-state index in [0.29, 0.717) is 6.42 Å². The Balaban J connectivity index is 1.57. The predicted octanol–water partition coefficient (Wildman–Crippen LogP) is 1.94. The van der Waals surface area contributed by atoms with Gasteiger partial charge in [0.25, 0.3) is 0 Å². The fourth-order valence-corrected chi connectivity index (χ4v) is 5.81. The number of ether oxygens (including phenoxy) is 2. The zero-order valence-corrected chi connectivity index (χ0v) is 17.4. The fraction of sp³-hybridized carbons (Fsp3) is 0.545. The molecule has 0 aromatic heterocycles. The molecule has 1 aromatic rings. The molecule has 1 saturated carbocycles. The van der Waals surface area contributed by atoms with Crippen LogP contribution in [0.3, 0.4) is 0 Å². The van der Waals surface area contributed by atoms with Crippen LogP contribution in [0.2, 0.25) is 0 Å². The highest BCUT2D eigenvalue weighted by molar-refractivity contribution is 5.94. The third-order valence-corrected chi connectivity index (χ3v) is 7.28. The van der Waals surface area contributed by atoms with Crippen molar-refractivity contribution < 1.29 is 34.5 Å². The van der Waals surface area contributed by atoms with Crippen molar-refractivity contribution >= 4 is 17.6 Å². The quantitative estimate of drug-likeness (QED) is 0.481. The van der Waals surface area contributed by atoms with E-state index in [4.69, 9.17) is 14.7 Å². The second-order valence-electron chi connectivity index (χ2n) is 9.20. The summed E-state index contributed by atoms with van der Waals surface area (Å²) in [6.07, 6.45) is -0.313. The summed E-state index contributed by atoms with van der Waals surface area (Å²) < 4.78 is 10.8. The Kier molecular flexibility index (Phi) is 5.33. The summed E-state index contributed by atoms with van der Waals surface area (Å²) in [7, 11) is 0. The highest BCUT2D eigenvalue weighted by Gasteiger charge is 2.61. The first-order valence-electron chi connectivity index (χ1n) is 10.3. The lowest BCUT2D eigenvalue weighted by Crippen LogP contribution is -2.59. The van der Waals surface area contributed by atoms with E-state index in [9.17, 15) is 25.0 Å². The second kappa shape index (κ2) is 7.59. The van der Waals surface area contributed by atoms with Gasteiger partial charge in [0, 0.05) is 11.3 Å². The van der Waals surface area contributed by atoms with Crippen molar-refractivity contribution in [3.63, 3.8) is 0 Å². The number of hydrogen-bond acceptors (Lipinski definition) is 9. The maximum absolute atomic E-state index is 12.6. The van der Waals surface area contributed by atoms with Crippen LogP contribution in [0, 0.1) is 22.0 Å². The molecule has 1 fully saturated rings. The molecule has 3 N–H and O–H groups in total. The average molecular weight is 432 g/mol. The maximum Gasteiger partial charge on any atom is 0.338 e. The second-order valence-corrected chi connectivity index (χ2v) is 9.20. The number of hydrogen-bond donors (Lipinski definition) is 3. The molecule has 5 atom stereocenters. The van der Waals surface area contributed by atoms with E-state index >= 15 is 0 Å². The fourth-order valence-electron chi connectivity index (χ4n) is 5.81. The highest BCUT2D eigenvalue weighted by atomic mass is 16.8. The van der Waals surface area contributed by atoms with E-state index in [0.717, 1.165) is 18.4 Å². The van der Waals surface area contributed by atoms with Gasteiger partial charge in [0.05, 0.1) is 29.5 Å². The molecular formula is C22H26NO8-. The van der Waals surface area contributed by atoms with Gasteiger partial charge in [-0.15, -0.1) is 0 Å². The Hall–Kier alpha value is -2.46. The molecule has 4 rings (SSSR count). The number of fused-ring (bicyclic) bond motifs is 2. The van der Waals surface area contributed by atoms with Gasteiger partial charge in [-0.1, -0.05) is 20.3 Å². The number of esters is 2. The maximum atomic E-state index is 12.6. The average Bonchev–Trinajstić information content (AvgIpc) is 3.13. The Labute approximate surface area is 179 Å². The van der Waals surface area contributed by atoms with Crippen LogP contribution in [0.25, 0.3) is 0 Å². The lowest BCUT2D eigenvalue weighted by atomic mass is 9.49. The van der Waals surface area contributed by atoms with Gasteiger partial charge in [0.2, 0.25) is 0 Å². The van der Waals surface area contributed by atoms with E-state index in [1.54, 1.807) is 0 Å². The molecule has 1 aliphatic heterocycles. The third-order valence-electron chi connectivity index (χ3n) is 7.28. The molecule has 0 radical (unpaired) electrons. The summed E-state index contributed by atoms with van der Waals surface area (Å²) in [6, 6.07) is 5.36. The molecule has 31 heavy (non-hydrogen) atoms. The molecule has 0 unspecified atom stereocenters. The predicted molar refractivity (Wildman–Crippen MR) is 108 cm³/mol. The number of rotatable bonds is 4. The lowest BCUT2D eigenvalue weighted by molar-refractivity contribution is -0.143. The van der Waals surface area contributed by atoms with Crippen molar-refractivity contribution in [1.29, 1.82) is 0 Å². The Bertz CT molecular complexity index is 926. The van der Waals surface area contributed by atoms with Crippen LogP contribution in [0.15, 0.2) is 35.4 Å². The molecule has 9 nitrogen and oxygen atoms in total. The molecule has 168 valence electrons. The molecule has 2 aliphatic carbocycles. The molecule has 1 heterocycles. The van der Waals surface area contributed by atoms with Crippen molar-refractivity contribution in [2.75, 3.05) is 18.4 Å².